The Morgan fingerprint density at radius 3 is 2.61 bits per heavy atom. The summed E-state index contributed by atoms with van der Waals surface area (Å²) in [5.41, 5.74) is -4.28. The van der Waals surface area contributed by atoms with E-state index >= 15 is 0 Å². The molecule has 4 aliphatic carbocycles. The molecule has 0 amide bonds. The van der Waals surface area contributed by atoms with Gasteiger partial charge in [0.25, 0.3) is 5.79 Å². The van der Waals surface area contributed by atoms with Crippen LogP contribution in [0.4, 0.5) is 0 Å². The Labute approximate surface area is 163 Å². The van der Waals surface area contributed by atoms with Crippen LogP contribution in [0.1, 0.15) is 50.4 Å². The van der Waals surface area contributed by atoms with E-state index in [4.69, 9.17) is 9.47 Å². The first kappa shape index (κ1) is 18.3. The van der Waals surface area contributed by atoms with Gasteiger partial charge in [-0.25, -0.2) is 4.79 Å². The lowest BCUT2D eigenvalue weighted by molar-refractivity contribution is -0.366. The standard InChI is InChI=1S/C22H26O6/c1-13-9-10-21(26)18(2)12-27-22(28-16(24)14-7-5-4-6-8-14)17(25)20(13,21)11-15(23)19(18,22)3/h4-8,13,17,25-26H,9-12H2,1-3H3/t13-,17?,18?,19?,20?,21?,22?/m1/s1. The lowest BCUT2D eigenvalue weighted by Gasteiger charge is -2.70. The van der Waals surface area contributed by atoms with Crippen LogP contribution in [0, 0.1) is 22.2 Å². The second-order valence-corrected chi connectivity index (χ2v) is 9.51. The molecule has 7 atom stereocenters. The van der Waals surface area contributed by atoms with Crippen LogP contribution in [0.3, 0.4) is 0 Å². The molecule has 0 radical (unpaired) electrons. The van der Waals surface area contributed by atoms with Crippen molar-refractivity contribution in [3.63, 3.8) is 0 Å². The molecule has 1 aliphatic heterocycles. The molecule has 150 valence electrons. The van der Waals surface area contributed by atoms with E-state index in [1.807, 2.05) is 13.8 Å². The zero-order valence-electron chi connectivity index (χ0n) is 16.4. The van der Waals surface area contributed by atoms with Crippen LogP contribution in [-0.2, 0) is 14.3 Å². The molecule has 4 bridgehead atoms. The Hall–Kier alpha value is -1.76. The summed E-state index contributed by atoms with van der Waals surface area (Å²) >= 11 is 0. The molecule has 6 heteroatoms. The molecule has 28 heavy (non-hydrogen) atoms. The largest absolute Gasteiger partial charge is 0.425 e. The highest BCUT2D eigenvalue weighted by molar-refractivity contribution is 5.94. The Balaban J connectivity index is 1.70. The second-order valence-electron chi connectivity index (χ2n) is 9.51. The number of fused-ring (bicyclic) bond motifs is 1. The molecule has 1 heterocycles. The van der Waals surface area contributed by atoms with E-state index in [0.717, 1.165) is 0 Å². The fraction of sp³-hybridized carbons (Fsp3) is 0.636. The van der Waals surface area contributed by atoms with Gasteiger partial charge in [0.15, 0.2) is 0 Å². The first-order valence-corrected chi connectivity index (χ1v) is 9.97. The number of benzene rings is 1. The van der Waals surface area contributed by atoms with Crippen molar-refractivity contribution in [2.75, 3.05) is 6.61 Å². The number of aliphatic hydroxyl groups excluding tert-OH is 1. The van der Waals surface area contributed by atoms with Gasteiger partial charge < -0.3 is 19.7 Å². The third-order valence-electron chi connectivity index (χ3n) is 8.99. The summed E-state index contributed by atoms with van der Waals surface area (Å²) in [6, 6.07) is 8.48. The summed E-state index contributed by atoms with van der Waals surface area (Å²) in [4.78, 5) is 26.4. The fourth-order valence-electron chi connectivity index (χ4n) is 7.08. The number of rotatable bonds is 2. The van der Waals surface area contributed by atoms with E-state index in [1.165, 1.54) is 0 Å². The fourth-order valence-corrected chi connectivity index (χ4v) is 7.08. The van der Waals surface area contributed by atoms with Crippen LogP contribution >= 0.6 is 0 Å². The molecule has 2 N–H and O–H groups in total. The first-order chi connectivity index (χ1) is 13.1. The number of Topliss-reactive ketones (excluding diaryl/α,β-unsaturated/α-hetero) is 1. The van der Waals surface area contributed by atoms with Crippen molar-refractivity contribution in [3.8, 4) is 0 Å². The van der Waals surface area contributed by atoms with Crippen molar-refractivity contribution >= 4 is 11.8 Å². The topological polar surface area (TPSA) is 93.1 Å². The Morgan fingerprint density at radius 2 is 1.93 bits per heavy atom. The lowest BCUT2D eigenvalue weighted by Crippen LogP contribution is -2.84. The van der Waals surface area contributed by atoms with Gasteiger partial charge in [0, 0.05) is 17.3 Å². The molecule has 1 aromatic carbocycles. The van der Waals surface area contributed by atoms with E-state index in [-0.39, 0.29) is 24.7 Å². The van der Waals surface area contributed by atoms with E-state index < -0.39 is 39.7 Å². The maximum absolute atomic E-state index is 13.4. The summed E-state index contributed by atoms with van der Waals surface area (Å²) in [6.07, 6.45) is -0.00825. The molecule has 6 unspecified atom stereocenters. The average Bonchev–Trinajstić information content (AvgIpc) is 3.07. The number of carbonyl (C=O) groups excluding carboxylic acids is 2. The van der Waals surface area contributed by atoms with Crippen LogP contribution in [0.2, 0.25) is 0 Å². The van der Waals surface area contributed by atoms with Gasteiger partial charge in [-0.3, -0.25) is 4.79 Å². The number of hydrogen-bond acceptors (Lipinski definition) is 6. The van der Waals surface area contributed by atoms with Crippen molar-refractivity contribution in [1.29, 1.82) is 0 Å². The molecule has 5 fully saturated rings. The van der Waals surface area contributed by atoms with Gasteiger partial charge in [0.2, 0.25) is 0 Å². The molecular weight excluding hydrogens is 360 g/mol. The van der Waals surface area contributed by atoms with E-state index in [9.17, 15) is 19.8 Å². The van der Waals surface area contributed by atoms with Crippen LogP contribution in [0.25, 0.3) is 0 Å². The van der Waals surface area contributed by atoms with Crippen molar-refractivity contribution in [3.05, 3.63) is 35.9 Å². The number of ketones is 1. The number of carbonyl (C=O) groups is 2. The number of aliphatic hydroxyl groups is 2. The van der Waals surface area contributed by atoms with Gasteiger partial charge >= 0.3 is 5.97 Å². The van der Waals surface area contributed by atoms with Crippen molar-refractivity contribution in [1.82, 2.24) is 0 Å². The van der Waals surface area contributed by atoms with Crippen molar-refractivity contribution < 1.29 is 29.3 Å². The second kappa shape index (κ2) is 5.04. The monoisotopic (exact) mass is 386 g/mol. The molecule has 5 aliphatic rings. The summed E-state index contributed by atoms with van der Waals surface area (Å²) in [6.45, 7) is 5.55. The molecule has 6 nitrogen and oxygen atoms in total. The maximum atomic E-state index is 13.4. The van der Waals surface area contributed by atoms with Crippen LogP contribution in [0.5, 0.6) is 0 Å². The van der Waals surface area contributed by atoms with Gasteiger partial charge in [-0.2, -0.15) is 0 Å². The van der Waals surface area contributed by atoms with Gasteiger partial charge in [0.05, 0.1) is 17.8 Å². The first-order valence-electron chi connectivity index (χ1n) is 9.97. The maximum Gasteiger partial charge on any atom is 0.340 e. The minimum Gasteiger partial charge on any atom is -0.425 e. The average molecular weight is 386 g/mol. The van der Waals surface area contributed by atoms with Gasteiger partial charge in [-0.1, -0.05) is 32.0 Å². The third-order valence-corrected chi connectivity index (χ3v) is 8.99. The van der Waals surface area contributed by atoms with E-state index in [1.54, 1.807) is 37.3 Å². The summed E-state index contributed by atoms with van der Waals surface area (Å²) in [7, 11) is 0. The smallest absolute Gasteiger partial charge is 0.340 e. The van der Waals surface area contributed by atoms with Gasteiger partial charge in [0.1, 0.15) is 17.3 Å². The van der Waals surface area contributed by atoms with E-state index in [0.29, 0.717) is 18.4 Å². The quantitative estimate of drug-likeness (QED) is 0.756. The van der Waals surface area contributed by atoms with Crippen molar-refractivity contribution in [2.45, 2.75) is 57.5 Å². The van der Waals surface area contributed by atoms with Crippen molar-refractivity contribution in [2.24, 2.45) is 22.2 Å². The van der Waals surface area contributed by atoms with Crippen LogP contribution in [0.15, 0.2) is 30.3 Å². The number of esters is 1. The molecule has 1 aromatic rings. The predicted octanol–water partition coefficient (Wildman–Crippen LogP) is 2.08. The normalized spacial score (nSPS) is 51.2. The Morgan fingerprint density at radius 1 is 1.25 bits per heavy atom. The summed E-state index contributed by atoms with van der Waals surface area (Å²) < 4.78 is 11.9. The van der Waals surface area contributed by atoms with Crippen LogP contribution < -0.4 is 0 Å². The zero-order valence-corrected chi connectivity index (χ0v) is 16.4. The lowest BCUT2D eigenvalue weighted by atomic mass is 9.35. The molecule has 1 spiro atoms. The molecular formula is C22H26O6. The van der Waals surface area contributed by atoms with Crippen LogP contribution in [-0.4, -0.2) is 46.1 Å². The molecule has 1 saturated heterocycles. The SMILES string of the molecule is C[C@@H]1CCC2(O)C13CC(=O)C1(C)C(OC(=O)c4ccccc4)(OCC21C)C3O. The molecule has 4 saturated carbocycles. The highest BCUT2D eigenvalue weighted by Gasteiger charge is 2.92. The highest BCUT2D eigenvalue weighted by atomic mass is 16.7. The zero-order chi connectivity index (χ0) is 20.2. The Kier molecular flexibility index (Phi) is 3.29. The predicted molar refractivity (Wildman–Crippen MR) is 98.2 cm³/mol. The minimum absolute atomic E-state index is 0.0549. The number of ether oxygens (including phenoxy) is 2. The number of hydrogen-bond donors (Lipinski definition) is 2. The molecule has 0 aromatic heterocycles. The van der Waals surface area contributed by atoms with E-state index in [2.05, 4.69) is 0 Å². The molecule has 6 rings (SSSR count). The summed E-state index contributed by atoms with van der Waals surface area (Å²) in [5, 5.41) is 23.5. The van der Waals surface area contributed by atoms with Gasteiger partial charge in [-0.15, -0.1) is 0 Å². The highest BCUT2D eigenvalue weighted by Crippen LogP contribution is 2.80. The van der Waals surface area contributed by atoms with Gasteiger partial charge in [-0.05, 0) is 37.8 Å². The third kappa shape index (κ3) is 1.51. The minimum atomic E-state index is -1.80. The Bertz CT molecular complexity index is 884. The summed E-state index contributed by atoms with van der Waals surface area (Å²) in [5.74, 6) is -2.65.